The van der Waals surface area contributed by atoms with Gasteiger partial charge in [0.05, 0.1) is 12.7 Å². The summed E-state index contributed by atoms with van der Waals surface area (Å²) in [7, 11) is 1.51. The van der Waals surface area contributed by atoms with Crippen LogP contribution in [-0.4, -0.2) is 37.4 Å². The van der Waals surface area contributed by atoms with Crippen molar-refractivity contribution in [3.63, 3.8) is 0 Å². The molecule has 0 bridgehead atoms. The monoisotopic (exact) mass is 277 g/mol. The number of rotatable bonds is 7. The fraction of sp³-hybridized carbons (Fsp3) is 0.438. The summed E-state index contributed by atoms with van der Waals surface area (Å²) in [4.78, 5) is 11.8. The summed E-state index contributed by atoms with van der Waals surface area (Å²) in [5, 5.41) is 12.1. The van der Waals surface area contributed by atoms with Crippen molar-refractivity contribution >= 4 is 11.5 Å². The minimum atomic E-state index is -0.679. The van der Waals surface area contributed by atoms with Crippen LogP contribution >= 0.6 is 0 Å². The highest BCUT2D eigenvalue weighted by molar-refractivity contribution is 5.95. The first-order valence-electron chi connectivity index (χ1n) is 6.79. The molecule has 0 radical (unpaired) electrons. The van der Waals surface area contributed by atoms with Crippen LogP contribution < -0.4 is 5.32 Å². The molecule has 0 aliphatic carbocycles. The summed E-state index contributed by atoms with van der Waals surface area (Å²) in [5.74, 6) is -0.197. The van der Waals surface area contributed by atoms with E-state index in [1.807, 2.05) is 38.1 Å². The molecule has 4 heteroatoms. The molecule has 0 spiro atoms. The van der Waals surface area contributed by atoms with E-state index in [0.717, 1.165) is 17.6 Å². The smallest absolute Gasteiger partial charge is 0.244 e. The molecule has 1 aromatic carbocycles. The quantitative estimate of drug-likeness (QED) is 0.749. The highest BCUT2D eigenvalue weighted by Crippen LogP contribution is 2.18. The number of aliphatic hydroxyl groups excluding tert-OH is 1. The zero-order chi connectivity index (χ0) is 15.0. The molecule has 110 valence electrons. The summed E-state index contributed by atoms with van der Waals surface area (Å²) in [5.41, 5.74) is 3.21. The van der Waals surface area contributed by atoms with Gasteiger partial charge in [-0.15, -0.1) is 0 Å². The molecule has 20 heavy (non-hydrogen) atoms. The topological polar surface area (TPSA) is 58.6 Å². The molecule has 1 rings (SSSR count). The zero-order valence-corrected chi connectivity index (χ0v) is 12.3. The molecule has 0 aliphatic heterocycles. The Labute approximate surface area is 120 Å². The van der Waals surface area contributed by atoms with Gasteiger partial charge in [0.2, 0.25) is 5.91 Å². The van der Waals surface area contributed by atoms with Crippen molar-refractivity contribution in [3.8, 4) is 0 Å². The van der Waals surface area contributed by atoms with Crippen molar-refractivity contribution in [2.75, 3.05) is 20.3 Å². The molecule has 0 saturated heterocycles. The second-order valence-electron chi connectivity index (χ2n) is 4.74. The largest absolute Gasteiger partial charge is 0.389 e. The van der Waals surface area contributed by atoms with E-state index in [4.69, 9.17) is 4.74 Å². The average molecular weight is 277 g/mol. The average Bonchev–Trinajstić information content (AvgIpc) is 2.44. The molecule has 2 N–H and O–H groups in total. The standard InChI is InChI=1S/C16H23NO3/c1-4-13(14-7-5-12(2)6-8-14)9-16(19)17-10-15(18)11-20-3/h5-9,15,18H,4,10-11H2,1-3H3,(H,17,19)/b13-9-. The van der Waals surface area contributed by atoms with Crippen LogP contribution in [-0.2, 0) is 9.53 Å². The Balaban J connectivity index is 2.64. The SMILES string of the molecule is CC/C(=C/C(=O)NCC(O)COC)c1ccc(C)cc1. The van der Waals surface area contributed by atoms with Crippen LogP contribution in [0.5, 0.6) is 0 Å². The summed E-state index contributed by atoms with van der Waals surface area (Å²) in [6.07, 6.45) is 1.68. The molecule has 1 aromatic rings. The van der Waals surface area contributed by atoms with Gasteiger partial charge in [-0.05, 0) is 24.5 Å². The molecule has 0 fully saturated rings. The fourth-order valence-electron chi connectivity index (χ4n) is 1.84. The molecule has 1 atom stereocenters. The van der Waals surface area contributed by atoms with Gasteiger partial charge in [0.1, 0.15) is 0 Å². The van der Waals surface area contributed by atoms with E-state index in [-0.39, 0.29) is 19.1 Å². The number of hydrogen-bond donors (Lipinski definition) is 2. The number of carbonyl (C=O) groups is 1. The zero-order valence-electron chi connectivity index (χ0n) is 12.3. The molecular weight excluding hydrogens is 254 g/mol. The van der Waals surface area contributed by atoms with Crippen LogP contribution in [0.25, 0.3) is 5.57 Å². The number of allylic oxidation sites excluding steroid dienone is 1. The minimum Gasteiger partial charge on any atom is -0.389 e. The van der Waals surface area contributed by atoms with Gasteiger partial charge in [-0.3, -0.25) is 4.79 Å². The number of benzene rings is 1. The Morgan fingerprint density at radius 1 is 1.40 bits per heavy atom. The third-order valence-electron chi connectivity index (χ3n) is 2.98. The number of aliphatic hydroxyl groups is 1. The van der Waals surface area contributed by atoms with E-state index >= 15 is 0 Å². The van der Waals surface area contributed by atoms with Gasteiger partial charge in [0, 0.05) is 19.7 Å². The lowest BCUT2D eigenvalue weighted by Gasteiger charge is -2.10. The maximum absolute atomic E-state index is 11.8. The van der Waals surface area contributed by atoms with Gasteiger partial charge < -0.3 is 15.2 Å². The van der Waals surface area contributed by atoms with E-state index in [1.165, 1.54) is 12.7 Å². The van der Waals surface area contributed by atoms with Gasteiger partial charge in [-0.2, -0.15) is 0 Å². The Hall–Kier alpha value is -1.65. The van der Waals surface area contributed by atoms with Crippen molar-refractivity contribution in [2.45, 2.75) is 26.4 Å². The molecule has 0 heterocycles. The molecular formula is C16H23NO3. The van der Waals surface area contributed by atoms with E-state index < -0.39 is 6.10 Å². The first kappa shape index (κ1) is 16.4. The van der Waals surface area contributed by atoms with E-state index in [1.54, 1.807) is 6.08 Å². The van der Waals surface area contributed by atoms with Crippen molar-refractivity contribution < 1.29 is 14.6 Å². The van der Waals surface area contributed by atoms with Crippen LogP contribution in [0.1, 0.15) is 24.5 Å². The van der Waals surface area contributed by atoms with Crippen LogP contribution in [0.3, 0.4) is 0 Å². The Morgan fingerprint density at radius 3 is 2.60 bits per heavy atom. The third-order valence-corrected chi connectivity index (χ3v) is 2.98. The number of nitrogens with one attached hydrogen (secondary N) is 1. The molecule has 0 aromatic heterocycles. The van der Waals surface area contributed by atoms with Crippen molar-refractivity contribution in [2.24, 2.45) is 0 Å². The predicted molar refractivity (Wildman–Crippen MR) is 80.3 cm³/mol. The van der Waals surface area contributed by atoms with Crippen LogP contribution in [0.2, 0.25) is 0 Å². The van der Waals surface area contributed by atoms with Gasteiger partial charge in [0.25, 0.3) is 0 Å². The summed E-state index contributed by atoms with van der Waals surface area (Å²) in [6, 6.07) is 8.08. The highest BCUT2D eigenvalue weighted by Gasteiger charge is 2.06. The number of methoxy groups -OCH3 is 1. The normalized spacial score (nSPS) is 13.1. The lowest BCUT2D eigenvalue weighted by Crippen LogP contribution is -2.33. The second-order valence-corrected chi connectivity index (χ2v) is 4.74. The predicted octanol–water partition coefficient (Wildman–Crippen LogP) is 1.91. The third kappa shape index (κ3) is 5.55. The van der Waals surface area contributed by atoms with Gasteiger partial charge in [-0.1, -0.05) is 36.8 Å². The van der Waals surface area contributed by atoms with Crippen LogP contribution in [0.4, 0.5) is 0 Å². The van der Waals surface area contributed by atoms with E-state index in [9.17, 15) is 9.90 Å². The van der Waals surface area contributed by atoms with E-state index in [0.29, 0.717) is 0 Å². The van der Waals surface area contributed by atoms with Crippen LogP contribution in [0.15, 0.2) is 30.3 Å². The molecule has 0 aliphatic rings. The van der Waals surface area contributed by atoms with Crippen molar-refractivity contribution in [1.29, 1.82) is 0 Å². The van der Waals surface area contributed by atoms with Crippen LogP contribution in [0, 0.1) is 6.92 Å². The lowest BCUT2D eigenvalue weighted by molar-refractivity contribution is -0.117. The number of ether oxygens (including phenoxy) is 1. The van der Waals surface area contributed by atoms with E-state index in [2.05, 4.69) is 5.32 Å². The van der Waals surface area contributed by atoms with Gasteiger partial charge >= 0.3 is 0 Å². The van der Waals surface area contributed by atoms with Crippen molar-refractivity contribution in [3.05, 3.63) is 41.5 Å². The minimum absolute atomic E-state index is 0.189. The Kier molecular flexibility index (Phi) is 6.98. The first-order valence-corrected chi connectivity index (χ1v) is 6.79. The molecule has 4 nitrogen and oxygen atoms in total. The summed E-state index contributed by atoms with van der Waals surface area (Å²) in [6.45, 7) is 4.44. The lowest BCUT2D eigenvalue weighted by atomic mass is 10.0. The molecule has 1 unspecified atom stereocenters. The number of hydrogen-bond acceptors (Lipinski definition) is 3. The Morgan fingerprint density at radius 2 is 2.05 bits per heavy atom. The molecule has 0 saturated carbocycles. The number of carbonyl (C=O) groups excluding carboxylic acids is 1. The molecule has 1 amide bonds. The van der Waals surface area contributed by atoms with Crippen molar-refractivity contribution in [1.82, 2.24) is 5.32 Å². The number of amides is 1. The highest BCUT2D eigenvalue weighted by atomic mass is 16.5. The van der Waals surface area contributed by atoms with Gasteiger partial charge in [-0.25, -0.2) is 0 Å². The maximum Gasteiger partial charge on any atom is 0.244 e. The Bertz CT molecular complexity index is 451. The number of aryl methyl sites for hydroxylation is 1. The maximum atomic E-state index is 11.8. The first-order chi connectivity index (χ1) is 9.56. The fourth-order valence-corrected chi connectivity index (χ4v) is 1.84. The summed E-state index contributed by atoms with van der Waals surface area (Å²) >= 11 is 0. The second kappa shape index (κ2) is 8.51. The summed E-state index contributed by atoms with van der Waals surface area (Å²) < 4.78 is 4.80. The van der Waals surface area contributed by atoms with Gasteiger partial charge in [0.15, 0.2) is 0 Å².